The van der Waals surface area contributed by atoms with E-state index in [0.29, 0.717) is 34.3 Å². The van der Waals surface area contributed by atoms with Crippen LogP contribution in [0.3, 0.4) is 0 Å². The lowest BCUT2D eigenvalue weighted by molar-refractivity contribution is -0.113. The van der Waals surface area contributed by atoms with Crippen LogP contribution < -0.4 is 20.1 Å². The van der Waals surface area contributed by atoms with Crippen molar-refractivity contribution < 1.29 is 19.1 Å². The SMILES string of the molecule is CNC(=O)c1ccc(NC(=O)CSCc2cc(OC)c(OC)cc2C)cc1. The molecule has 0 spiro atoms. The number of thioether (sulfide) groups is 1. The maximum Gasteiger partial charge on any atom is 0.251 e. The van der Waals surface area contributed by atoms with Crippen molar-refractivity contribution in [1.29, 1.82) is 0 Å². The van der Waals surface area contributed by atoms with Gasteiger partial charge in [-0.05, 0) is 54.4 Å². The highest BCUT2D eigenvalue weighted by atomic mass is 32.2. The molecule has 2 amide bonds. The summed E-state index contributed by atoms with van der Waals surface area (Å²) < 4.78 is 10.6. The van der Waals surface area contributed by atoms with Crippen LogP contribution in [0.2, 0.25) is 0 Å². The second kappa shape index (κ2) is 9.87. The monoisotopic (exact) mass is 388 g/mol. The molecule has 2 rings (SSSR count). The zero-order valence-corrected chi connectivity index (χ0v) is 16.7. The molecule has 144 valence electrons. The maximum atomic E-state index is 12.1. The van der Waals surface area contributed by atoms with Crippen molar-refractivity contribution in [1.82, 2.24) is 5.32 Å². The topological polar surface area (TPSA) is 76.7 Å². The number of aryl methyl sites for hydroxylation is 1. The fourth-order valence-electron chi connectivity index (χ4n) is 2.48. The first-order chi connectivity index (χ1) is 13.0. The van der Waals surface area contributed by atoms with Crippen LogP contribution in [0.15, 0.2) is 36.4 Å². The quantitative estimate of drug-likeness (QED) is 0.726. The van der Waals surface area contributed by atoms with Gasteiger partial charge in [-0.2, -0.15) is 0 Å². The predicted octanol–water partition coefficient (Wildman–Crippen LogP) is 3.24. The van der Waals surface area contributed by atoms with Gasteiger partial charge in [0.25, 0.3) is 5.91 Å². The van der Waals surface area contributed by atoms with Gasteiger partial charge >= 0.3 is 0 Å². The molecule has 0 saturated carbocycles. The van der Waals surface area contributed by atoms with Crippen molar-refractivity contribution in [2.24, 2.45) is 0 Å². The van der Waals surface area contributed by atoms with E-state index in [-0.39, 0.29) is 11.8 Å². The molecule has 0 fully saturated rings. The second-order valence-corrected chi connectivity index (χ2v) is 6.82. The van der Waals surface area contributed by atoms with Crippen molar-refractivity contribution in [3.8, 4) is 11.5 Å². The van der Waals surface area contributed by atoms with E-state index in [2.05, 4.69) is 10.6 Å². The zero-order chi connectivity index (χ0) is 19.8. The Morgan fingerprint density at radius 3 is 2.26 bits per heavy atom. The summed E-state index contributed by atoms with van der Waals surface area (Å²) in [5.74, 6) is 2.14. The van der Waals surface area contributed by atoms with Crippen molar-refractivity contribution in [2.45, 2.75) is 12.7 Å². The number of carbonyl (C=O) groups is 2. The van der Waals surface area contributed by atoms with Crippen LogP contribution >= 0.6 is 11.8 Å². The third-order valence-electron chi connectivity index (χ3n) is 3.99. The summed E-state index contributed by atoms with van der Waals surface area (Å²) in [6.07, 6.45) is 0. The minimum Gasteiger partial charge on any atom is -0.493 e. The smallest absolute Gasteiger partial charge is 0.251 e. The molecule has 0 aromatic heterocycles. The lowest BCUT2D eigenvalue weighted by Gasteiger charge is -2.12. The van der Waals surface area contributed by atoms with E-state index >= 15 is 0 Å². The summed E-state index contributed by atoms with van der Waals surface area (Å²) in [6.45, 7) is 2.01. The van der Waals surface area contributed by atoms with E-state index in [1.807, 2.05) is 19.1 Å². The number of amides is 2. The Kier molecular flexibility index (Phi) is 7.55. The average Bonchev–Trinajstić information content (AvgIpc) is 2.68. The van der Waals surface area contributed by atoms with Crippen molar-refractivity contribution >= 4 is 29.3 Å². The van der Waals surface area contributed by atoms with Gasteiger partial charge in [-0.25, -0.2) is 0 Å². The Hall–Kier alpha value is -2.67. The van der Waals surface area contributed by atoms with E-state index < -0.39 is 0 Å². The first-order valence-electron chi connectivity index (χ1n) is 8.39. The third-order valence-corrected chi connectivity index (χ3v) is 4.97. The molecule has 0 saturated heterocycles. The molecule has 0 aliphatic heterocycles. The van der Waals surface area contributed by atoms with Gasteiger partial charge in [0.05, 0.1) is 20.0 Å². The minimum atomic E-state index is -0.159. The molecule has 0 aliphatic carbocycles. The van der Waals surface area contributed by atoms with Gasteiger partial charge in [-0.15, -0.1) is 11.8 Å². The van der Waals surface area contributed by atoms with Gasteiger partial charge in [0.2, 0.25) is 5.91 Å². The normalized spacial score (nSPS) is 10.2. The van der Waals surface area contributed by atoms with Gasteiger partial charge in [0.1, 0.15) is 0 Å². The van der Waals surface area contributed by atoms with E-state index in [4.69, 9.17) is 9.47 Å². The predicted molar refractivity (Wildman–Crippen MR) is 109 cm³/mol. The number of nitrogens with one attached hydrogen (secondary N) is 2. The fraction of sp³-hybridized carbons (Fsp3) is 0.300. The number of hydrogen-bond donors (Lipinski definition) is 2. The molecule has 27 heavy (non-hydrogen) atoms. The van der Waals surface area contributed by atoms with Gasteiger partial charge in [0.15, 0.2) is 11.5 Å². The largest absolute Gasteiger partial charge is 0.493 e. The van der Waals surface area contributed by atoms with Crippen molar-refractivity contribution in [3.05, 3.63) is 53.1 Å². The Bertz CT molecular complexity index is 806. The summed E-state index contributed by atoms with van der Waals surface area (Å²) in [5, 5.41) is 5.39. The lowest BCUT2D eigenvalue weighted by atomic mass is 10.1. The van der Waals surface area contributed by atoms with Crippen LogP contribution in [-0.4, -0.2) is 38.8 Å². The zero-order valence-electron chi connectivity index (χ0n) is 15.9. The summed E-state index contributed by atoms with van der Waals surface area (Å²) >= 11 is 1.52. The molecule has 2 aromatic rings. The first-order valence-corrected chi connectivity index (χ1v) is 9.55. The molecule has 0 unspecified atom stereocenters. The molecular weight excluding hydrogens is 364 g/mol. The molecule has 0 radical (unpaired) electrons. The van der Waals surface area contributed by atoms with Crippen LogP contribution in [0.1, 0.15) is 21.5 Å². The van der Waals surface area contributed by atoms with Crippen LogP contribution in [-0.2, 0) is 10.5 Å². The van der Waals surface area contributed by atoms with Crippen molar-refractivity contribution in [3.63, 3.8) is 0 Å². The van der Waals surface area contributed by atoms with Crippen molar-refractivity contribution in [2.75, 3.05) is 32.3 Å². The standard InChI is InChI=1S/C20H24N2O4S/c1-13-9-17(25-3)18(26-4)10-15(13)11-27-12-19(23)22-16-7-5-14(6-8-16)20(24)21-2/h5-10H,11-12H2,1-4H3,(H,21,24)(H,22,23). The van der Waals surface area contributed by atoms with Gasteiger partial charge in [-0.1, -0.05) is 0 Å². The number of anilines is 1. The minimum absolute atomic E-state index is 0.0918. The average molecular weight is 388 g/mol. The maximum absolute atomic E-state index is 12.1. The second-order valence-electron chi connectivity index (χ2n) is 5.83. The summed E-state index contributed by atoms with van der Waals surface area (Å²) in [7, 11) is 4.79. The molecule has 0 bridgehead atoms. The number of methoxy groups -OCH3 is 2. The highest BCUT2D eigenvalue weighted by Crippen LogP contribution is 2.31. The summed E-state index contributed by atoms with van der Waals surface area (Å²) in [6, 6.07) is 10.7. The molecule has 0 aliphatic rings. The molecule has 6 nitrogen and oxygen atoms in total. The number of benzene rings is 2. The molecule has 0 atom stereocenters. The van der Waals surface area contributed by atoms with E-state index in [0.717, 1.165) is 11.1 Å². The fourth-order valence-corrected chi connectivity index (χ4v) is 3.37. The van der Waals surface area contributed by atoms with Crippen LogP contribution in [0.25, 0.3) is 0 Å². The summed E-state index contributed by atoms with van der Waals surface area (Å²) in [5.41, 5.74) is 3.40. The van der Waals surface area contributed by atoms with Gasteiger partial charge in [-0.3, -0.25) is 9.59 Å². The molecular formula is C20H24N2O4S. The highest BCUT2D eigenvalue weighted by molar-refractivity contribution is 7.99. The summed E-state index contributed by atoms with van der Waals surface area (Å²) in [4.78, 5) is 23.6. The molecule has 7 heteroatoms. The Balaban J connectivity index is 1.88. The number of hydrogen-bond acceptors (Lipinski definition) is 5. The Morgan fingerprint density at radius 1 is 1.04 bits per heavy atom. The van der Waals surface area contributed by atoms with E-state index in [9.17, 15) is 9.59 Å². The lowest BCUT2D eigenvalue weighted by Crippen LogP contribution is -2.18. The van der Waals surface area contributed by atoms with E-state index in [1.165, 1.54) is 11.8 Å². The molecule has 2 aromatic carbocycles. The molecule has 2 N–H and O–H groups in total. The highest BCUT2D eigenvalue weighted by Gasteiger charge is 2.10. The number of ether oxygens (including phenoxy) is 2. The third kappa shape index (κ3) is 5.65. The van der Waals surface area contributed by atoms with Crippen LogP contribution in [0.5, 0.6) is 11.5 Å². The number of rotatable bonds is 8. The van der Waals surface area contributed by atoms with E-state index in [1.54, 1.807) is 45.5 Å². The van der Waals surface area contributed by atoms with Crippen LogP contribution in [0, 0.1) is 6.92 Å². The first kappa shape index (κ1) is 20.6. The Labute approximate surface area is 163 Å². The van der Waals surface area contributed by atoms with Crippen LogP contribution in [0.4, 0.5) is 5.69 Å². The van der Waals surface area contributed by atoms with Gasteiger partial charge in [0, 0.05) is 24.1 Å². The number of carbonyl (C=O) groups excluding carboxylic acids is 2. The molecule has 0 heterocycles. The van der Waals surface area contributed by atoms with Gasteiger partial charge < -0.3 is 20.1 Å². The Morgan fingerprint density at radius 2 is 1.67 bits per heavy atom.